The molecule has 1 atom stereocenters. The first-order valence-electron chi connectivity index (χ1n) is 27.0. The van der Waals surface area contributed by atoms with Gasteiger partial charge in [0, 0.05) is 37.6 Å². The quantitative estimate of drug-likeness (QED) is 0.0426. The lowest BCUT2D eigenvalue weighted by atomic mass is 10.1. The maximum atomic E-state index is 15.4. The van der Waals surface area contributed by atoms with Crippen molar-refractivity contribution in [2.45, 2.75) is 6.42 Å². The third kappa shape index (κ3) is 10.4. The van der Waals surface area contributed by atoms with Gasteiger partial charge in [-0.3, -0.25) is 9.59 Å². The van der Waals surface area contributed by atoms with E-state index in [1.165, 1.54) is 48.5 Å². The summed E-state index contributed by atoms with van der Waals surface area (Å²) in [5.41, 5.74) is 1.53. The summed E-state index contributed by atoms with van der Waals surface area (Å²) in [6, 6.07) is 63.7. The Kier molecular flexibility index (Phi) is 14.3. The molecule has 0 saturated heterocycles. The van der Waals surface area contributed by atoms with Gasteiger partial charge in [0.25, 0.3) is 0 Å². The first-order valence-corrected chi connectivity index (χ1v) is 30.4. The van der Waals surface area contributed by atoms with Crippen LogP contribution in [0.1, 0.15) is 89.3 Å². The van der Waals surface area contributed by atoms with Gasteiger partial charge in [0.15, 0.2) is 25.9 Å². The van der Waals surface area contributed by atoms with Crippen molar-refractivity contribution < 1.29 is 80.6 Å². The molecule has 3 aliphatic heterocycles. The largest absolute Gasteiger partial charge is 0.457 e. The molecule has 0 N–H and O–H groups in total. The van der Waals surface area contributed by atoms with Gasteiger partial charge in [-0.15, -0.1) is 0 Å². The summed E-state index contributed by atoms with van der Waals surface area (Å²) in [5, 5.41) is 3.18. The fraction of sp³-hybridized carbons (Fsp3) is 0.0145. The molecule has 428 valence electrons. The molecule has 1 unspecified atom stereocenters. The van der Waals surface area contributed by atoms with Gasteiger partial charge >= 0.3 is 35.8 Å². The lowest BCUT2D eigenvalue weighted by molar-refractivity contribution is 0.0425. The van der Waals surface area contributed by atoms with Gasteiger partial charge in [0.05, 0.1) is 45.1 Å². The maximum absolute atomic E-state index is 15.4. The summed E-state index contributed by atoms with van der Waals surface area (Å²) in [4.78, 5) is 95.9. The monoisotopic (exact) mass is 1200 g/mol. The molecule has 14 rings (SSSR count). The highest BCUT2D eigenvalue weighted by atomic mass is 31.2. The number of hydrogen-bond acceptors (Lipinski definition) is 17. The number of ether oxygens (including phenoxy) is 7. The van der Waals surface area contributed by atoms with E-state index in [0.717, 1.165) is 0 Å². The molecule has 0 saturated carbocycles. The Morgan fingerprint density at radius 1 is 0.261 bits per heavy atom. The van der Waals surface area contributed by atoms with Crippen LogP contribution in [-0.2, 0) is 23.3 Å². The summed E-state index contributed by atoms with van der Waals surface area (Å²) < 4.78 is 68.5. The van der Waals surface area contributed by atoms with Crippen molar-refractivity contribution in [3.63, 3.8) is 0 Å². The molecule has 3 heterocycles. The minimum absolute atomic E-state index is 0.0666. The van der Waals surface area contributed by atoms with E-state index in [0.29, 0.717) is 66.0 Å². The zero-order chi connectivity index (χ0) is 60.8. The van der Waals surface area contributed by atoms with Gasteiger partial charge in [0.2, 0.25) is 0 Å². The highest BCUT2D eigenvalue weighted by Gasteiger charge is 2.37. The number of fused-ring (bicyclic) bond motifs is 4. The third-order valence-electron chi connectivity index (χ3n) is 14.7. The number of hydrogen-bond donors (Lipinski definition) is 0. The average molecular weight is 1200 g/mol. The third-order valence-corrected chi connectivity index (χ3v) is 20.9. The van der Waals surface area contributed by atoms with Crippen molar-refractivity contribution in [3.8, 4) is 46.0 Å². The Labute approximate surface area is 499 Å². The molecule has 0 bridgehead atoms. The second kappa shape index (κ2) is 22.6. The smallest absolute Gasteiger partial charge is 0.347 e. The van der Waals surface area contributed by atoms with E-state index >= 15 is 4.57 Å². The molecule has 0 fully saturated rings. The Morgan fingerprint density at radius 3 is 0.977 bits per heavy atom. The Hall–Kier alpha value is -11.4. The molecular formula is C69H40O17P2. The number of Topliss-reactive ketones (excluding diaryl/α,β-unsaturated/α-hetero) is 2. The zero-order valence-corrected chi connectivity index (χ0v) is 47.3. The summed E-state index contributed by atoms with van der Waals surface area (Å²) >= 11 is 0. The van der Waals surface area contributed by atoms with E-state index in [2.05, 4.69) is 9.47 Å². The highest BCUT2D eigenvalue weighted by molar-refractivity contribution is 7.85. The molecule has 88 heavy (non-hydrogen) atoms. The van der Waals surface area contributed by atoms with Crippen molar-refractivity contribution in [1.29, 1.82) is 0 Å². The molecule has 10 aromatic rings. The standard InChI is InChI=1S/C35H21O8P.C34H19O9P/c36-32-20-33(37)30-18-23(10-16-28(30)32)41-21-6-12-26(13-7-21)44(40,25-4-2-1-3-5-25)27-14-8-22(9-15-27)42-24-11-17-29-31(19-24)35(39)43-34(29)38;35-31-25-14-11-20(17-27(25)33(37)42-31)40-22-13-16-29(41-21-12-15-26-28(18-21)34(38)43-32(26)36)30(19-22)44(39,23-7-3-1-4-8-23)24-9-5-2-6-10-24/h1-19H,20H2;1-19H. The average Bonchev–Trinajstić information content (AvgIpc) is 2.09. The van der Waals surface area contributed by atoms with Crippen LogP contribution in [0.5, 0.6) is 46.0 Å². The predicted molar refractivity (Wildman–Crippen MR) is 320 cm³/mol. The Bertz CT molecular complexity index is 4550. The lowest BCUT2D eigenvalue weighted by Crippen LogP contribution is -2.26. The summed E-state index contributed by atoms with van der Waals surface area (Å²) in [7, 11) is -6.95. The second-order valence-electron chi connectivity index (χ2n) is 20.1. The van der Waals surface area contributed by atoms with Crippen LogP contribution in [0.4, 0.5) is 0 Å². The summed E-state index contributed by atoms with van der Waals surface area (Å²) in [6.45, 7) is 0. The van der Waals surface area contributed by atoms with Crippen LogP contribution < -0.4 is 50.8 Å². The van der Waals surface area contributed by atoms with Crippen molar-refractivity contribution in [2.24, 2.45) is 0 Å². The number of benzene rings is 10. The van der Waals surface area contributed by atoms with E-state index in [-0.39, 0.29) is 74.4 Å². The van der Waals surface area contributed by atoms with Crippen LogP contribution in [-0.4, -0.2) is 47.4 Å². The molecular weight excluding hydrogens is 1160 g/mol. The first-order chi connectivity index (χ1) is 42.6. The molecule has 0 aromatic heterocycles. The molecule has 19 heteroatoms. The maximum Gasteiger partial charge on any atom is 0.347 e. The molecule has 0 spiro atoms. The number of carbonyl (C=O) groups excluding carboxylic acids is 8. The fourth-order valence-corrected chi connectivity index (χ4v) is 15.8. The molecule has 1 aliphatic carbocycles. The topological polar surface area (TPSA) is 235 Å². The predicted octanol–water partition coefficient (Wildman–Crippen LogP) is 11.5. The van der Waals surface area contributed by atoms with Crippen molar-refractivity contribution in [3.05, 3.63) is 275 Å². The number of rotatable bonds is 14. The lowest BCUT2D eigenvalue weighted by Gasteiger charge is -2.23. The molecule has 10 aromatic carbocycles. The van der Waals surface area contributed by atoms with Gasteiger partial charge < -0.3 is 42.3 Å². The molecule has 0 amide bonds. The van der Waals surface area contributed by atoms with E-state index in [1.54, 1.807) is 140 Å². The first kappa shape index (κ1) is 55.8. The van der Waals surface area contributed by atoms with Gasteiger partial charge in [-0.25, -0.2) is 28.8 Å². The number of carbonyl (C=O) groups is 8. The van der Waals surface area contributed by atoms with E-state index in [9.17, 15) is 42.9 Å². The van der Waals surface area contributed by atoms with Crippen molar-refractivity contribution >= 4 is 93.5 Å². The summed E-state index contributed by atoms with van der Waals surface area (Å²) in [5.74, 6) is -2.15. The van der Waals surface area contributed by atoms with Crippen LogP contribution in [0.3, 0.4) is 0 Å². The number of ketones is 2. The summed E-state index contributed by atoms with van der Waals surface area (Å²) in [6.07, 6.45) is -0.123. The van der Waals surface area contributed by atoms with Gasteiger partial charge in [-0.1, -0.05) is 91.0 Å². The minimum atomic E-state index is -3.62. The highest BCUT2D eigenvalue weighted by Crippen LogP contribution is 2.48. The van der Waals surface area contributed by atoms with E-state index in [4.69, 9.17) is 23.7 Å². The van der Waals surface area contributed by atoms with Crippen LogP contribution >= 0.6 is 14.3 Å². The number of cyclic esters (lactones) is 6. The van der Waals surface area contributed by atoms with Gasteiger partial charge in [-0.05, 0) is 140 Å². The van der Waals surface area contributed by atoms with Gasteiger partial charge in [-0.2, -0.15) is 0 Å². The SMILES string of the molecule is O=C1CC(=O)c2cc(Oc3ccc(P(=O)(c4ccccc4)c4ccc(Oc5ccc6c(c5)C(=O)OC6=O)cc4)cc3)ccc21.O=C1OC(=O)c2cc(Oc3ccc(Oc4ccc5c(c4)C(=O)OC5=O)c(P(=O)(c4ccccc4)c4ccccc4)c3)ccc21. The van der Waals surface area contributed by atoms with Crippen LogP contribution in [0.2, 0.25) is 0 Å². The van der Waals surface area contributed by atoms with Gasteiger partial charge in [0.1, 0.15) is 46.0 Å². The van der Waals surface area contributed by atoms with Crippen LogP contribution in [0.15, 0.2) is 231 Å². The second-order valence-corrected chi connectivity index (χ2v) is 25.6. The minimum Gasteiger partial charge on any atom is -0.457 e. The number of esters is 6. The molecule has 17 nitrogen and oxygen atoms in total. The fourth-order valence-electron chi connectivity index (χ4n) is 10.4. The Balaban J connectivity index is 0.000000162. The van der Waals surface area contributed by atoms with Crippen molar-refractivity contribution in [2.75, 3.05) is 0 Å². The molecule has 0 radical (unpaired) electrons. The van der Waals surface area contributed by atoms with E-state index < -0.39 is 50.1 Å². The van der Waals surface area contributed by atoms with E-state index in [1.807, 2.05) is 42.5 Å². The normalized spacial score (nSPS) is 14.3. The Morgan fingerprint density at radius 2 is 0.557 bits per heavy atom. The zero-order valence-electron chi connectivity index (χ0n) is 45.5. The van der Waals surface area contributed by atoms with Crippen LogP contribution in [0, 0.1) is 0 Å². The van der Waals surface area contributed by atoms with Crippen molar-refractivity contribution in [1.82, 2.24) is 0 Å². The van der Waals surface area contributed by atoms with Crippen LogP contribution in [0.25, 0.3) is 0 Å². The molecule has 4 aliphatic rings.